The molecule has 0 aliphatic carbocycles. The van der Waals surface area contributed by atoms with Gasteiger partial charge in [-0.2, -0.15) is 11.8 Å². The van der Waals surface area contributed by atoms with E-state index >= 15 is 0 Å². The molecule has 0 aromatic heterocycles. The molecule has 0 spiro atoms. The number of carbonyl (C=O) groups is 1. The van der Waals surface area contributed by atoms with Crippen molar-refractivity contribution in [3.05, 3.63) is 0 Å². The number of halogens is 1. The van der Waals surface area contributed by atoms with Gasteiger partial charge in [0.1, 0.15) is 0 Å². The molecule has 22 heavy (non-hydrogen) atoms. The second-order valence-electron chi connectivity index (χ2n) is 6.58. The van der Waals surface area contributed by atoms with Crippen LogP contribution in [0.3, 0.4) is 0 Å². The Morgan fingerprint density at radius 1 is 1.41 bits per heavy atom. The van der Waals surface area contributed by atoms with Crippen LogP contribution in [0, 0.1) is 0 Å². The summed E-state index contributed by atoms with van der Waals surface area (Å²) in [6.45, 7) is 10.9. The summed E-state index contributed by atoms with van der Waals surface area (Å²) in [7, 11) is 0. The molecular formula is C15H32ClN3O2S. The molecule has 1 amide bonds. The molecule has 5 nitrogen and oxygen atoms in total. The lowest BCUT2D eigenvalue weighted by molar-refractivity contribution is -0.124. The van der Waals surface area contributed by atoms with Gasteiger partial charge in [0.05, 0.1) is 18.2 Å². The predicted octanol–water partition coefficient (Wildman–Crippen LogP) is 1.49. The van der Waals surface area contributed by atoms with Crippen molar-refractivity contribution in [2.24, 2.45) is 5.73 Å². The van der Waals surface area contributed by atoms with Crippen LogP contribution in [0.25, 0.3) is 0 Å². The van der Waals surface area contributed by atoms with E-state index < -0.39 is 6.04 Å². The van der Waals surface area contributed by atoms with Crippen molar-refractivity contribution >= 4 is 30.1 Å². The minimum absolute atomic E-state index is 0. The summed E-state index contributed by atoms with van der Waals surface area (Å²) in [4.78, 5) is 14.4. The molecule has 3 unspecified atom stereocenters. The number of carbonyl (C=O) groups excluding carboxylic acids is 1. The summed E-state index contributed by atoms with van der Waals surface area (Å²) in [5.74, 6) is 0.864. The molecule has 1 heterocycles. The smallest absolute Gasteiger partial charge is 0.237 e. The first-order chi connectivity index (χ1) is 9.76. The lowest BCUT2D eigenvalue weighted by Gasteiger charge is -2.45. The van der Waals surface area contributed by atoms with Gasteiger partial charge in [0, 0.05) is 25.2 Å². The highest BCUT2D eigenvalue weighted by atomic mass is 35.5. The predicted molar refractivity (Wildman–Crippen MR) is 96.9 cm³/mol. The van der Waals surface area contributed by atoms with Crippen molar-refractivity contribution in [1.29, 1.82) is 0 Å². The van der Waals surface area contributed by atoms with Gasteiger partial charge in [0.2, 0.25) is 5.91 Å². The number of thioether (sulfide) groups is 1. The molecule has 0 radical (unpaired) electrons. The van der Waals surface area contributed by atoms with E-state index in [1.165, 1.54) is 0 Å². The van der Waals surface area contributed by atoms with E-state index in [-0.39, 0.29) is 36.1 Å². The van der Waals surface area contributed by atoms with E-state index in [4.69, 9.17) is 10.5 Å². The lowest BCUT2D eigenvalue weighted by Crippen LogP contribution is -2.59. The minimum Gasteiger partial charge on any atom is -0.373 e. The highest BCUT2D eigenvalue weighted by molar-refractivity contribution is 7.98. The Labute approximate surface area is 145 Å². The van der Waals surface area contributed by atoms with Crippen molar-refractivity contribution in [1.82, 2.24) is 10.2 Å². The Morgan fingerprint density at radius 3 is 2.45 bits per heavy atom. The number of nitrogens with zero attached hydrogens (tertiary/aromatic N) is 1. The standard InChI is InChI=1S/C15H31N3O2S.ClH/c1-11-8-18(9-12(2)20-11)15(3,4)10-17-14(19)13(16)6-7-21-5;/h11-13H,6-10,16H2,1-5H3,(H,17,19);1H. The van der Waals surface area contributed by atoms with Crippen LogP contribution in [0.4, 0.5) is 0 Å². The first-order valence-electron chi connectivity index (χ1n) is 7.69. The average Bonchev–Trinajstić information content (AvgIpc) is 2.41. The molecule has 132 valence electrons. The molecule has 0 saturated carbocycles. The molecule has 0 bridgehead atoms. The van der Waals surface area contributed by atoms with Crippen LogP contribution in [-0.2, 0) is 9.53 Å². The highest BCUT2D eigenvalue weighted by Gasteiger charge is 2.33. The Kier molecular flexibility index (Phi) is 9.98. The molecule has 1 aliphatic heterocycles. The van der Waals surface area contributed by atoms with Crippen LogP contribution in [0.15, 0.2) is 0 Å². The number of morpholine rings is 1. The summed E-state index contributed by atoms with van der Waals surface area (Å²) in [5.41, 5.74) is 5.80. The third-order valence-corrected chi connectivity index (χ3v) is 4.58. The largest absolute Gasteiger partial charge is 0.373 e. The van der Waals surface area contributed by atoms with Gasteiger partial charge in [-0.1, -0.05) is 0 Å². The fourth-order valence-corrected chi connectivity index (χ4v) is 3.08. The first-order valence-corrected chi connectivity index (χ1v) is 9.08. The Morgan fingerprint density at radius 2 is 1.95 bits per heavy atom. The molecule has 1 saturated heterocycles. The van der Waals surface area contributed by atoms with E-state index in [1.54, 1.807) is 11.8 Å². The van der Waals surface area contributed by atoms with Gasteiger partial charge in [-0.05, 0) is 46.1 Å². The van der Waals surface area contributed by atoms with Crippen LogP contribution in [0.1, 0.15) is 34.1 Å². The molecule has 0 aromatic rings. The molecule has 3 N–H and O–H groups in total. The summed E-state index contributed by atoms with van der Waals surface area (Å²) in [6.07, 6.45) is 3.20. The lowest BCUT2D eigenvalue weighted by atomic mass is 10.00. The zero-order valence-electron chi connectivity index (χ0n) is 14.4. The maximum Gasteiger partial charge on any atom is 0.237 e. The molecule has 1 fully saturated rings. The van der Waals surface area contributed by atoms with Crippen LogP contribution in [0.2, 0.25) is 0 Å². The number of nitrogens with two attached hydrogens (primary N) is 1. The van der Waals surface area contributed by atoms with Gasteiger partial charge >= 0.3 is 0 Å². The summed E-state index contributed by atoms with van der Waals surface area (Å²) < 4.78 is 5.77. The van der Waals surface area contributed by atoms with E-state index in [9.17, 15) is 4.79 Å². The van der Waals surface area contributed by atoms with Crippen LogP contribution < -0.4 is 11.1 Å². The molecule has 3 atom stereocenters. The molecule has 1 aliphatic rings. The van der Waals surface area contributed by atoms with E-state index in [0.29, 0.717) is 6.54 Å². The summed E-state index contributed by atoms with van der Waals surface area (Å²) in [6, 6.07) is -0.407. The second kappa shape index (κ2) is 9.98. The maximum absolute atomic E-state index is 12.0. The van der Waals surface area contributed by atoms with Gasteiger partial charge in [-0.3, -0.25) is 9.69 Å². The third kappa shape index (κ3) is 7.04. The van der Waals surface area contributed by atoms with Crippen molar-refractivity contribution in [3.63, 3.8) is 0 Å². The van der Waals surface area contributed by atoms with E-state index in [0.717, 1.165) is 25.3 Å². The van der Waals surface area contributed by atoms with Gasteiger partial charge in [0.15, 0.2) is 0 Å². The number of hydrogen-bond acceptors (Lipinski definition) is 5. The van der Waals surface area contributed by atoms with Crippen LogP contribution in [-0.4, -0.2) is 66.2 Å². The van der Waals surface area contributed by atoms with Gasteiger partial charge in [-0.15, -0.1) is 12.4 Å². The minimum atomic E-state index is -0.407. The monoisotopic (exact) mass is 353 g/mol. The normalized spacial score (nSPS) is 24.5. The molecule has 7 heteroatoms. The number of hydrogen-bond donors (Lipinski definition) is 2. The SMILES string of the molecule is CSCCC(N)C(=O)NCC(C)(C)N1CC(C)OC(C)C1.Cl. The van der Waals surface area contributed by atoms with Crippen LogP contribution >= 0.6 is 24.2 Å². The van der Waals surface area contributed by atoms with Crippen molar-refractivity contribution in [3.8, 4) is 0 Å². The Balaban J connectivity index is 0.00000441. The zero-order valence-corrected chi connectivity index (χ0v) is 16.1. The fourth-order valence-electron chi connectivity index (χ4n) is 2.59. The van der Waals surface area contributed by atoms with Crippen LogP contribution in [0.5, 0.6) is 0 Å². The number of rotatable bonds is 7. The fraction of sp³-hybridized carbons (Fsp3) is 0.933. The third-order valence-electron chi connectivity index (χ3n) is 3.94. The molecular weight excluding hydrogens is 322 g/mol. The van der Waals surface area contributed by atoms with Crippen molar-refractivity contribution in [2.45, 2.75) is 57.9 Å². The van der Waals surface area contributed by atoms with E-state index in [1.807, 2.05) is 6.26 Å². The first kappa shape index (κ1) is 22.0. The number of nitrogens with one attached hydrogen (secondary N) is 1. The summed E-state index contributed by atoms with van der Waals surface area (Å²) in [5, 5.41) is 3.00. The van der Waals surface area contributed by atoms with Crippen molar-refractivity contribution < 1.29 is 9.53 Å². The Hall–Kier alpha value is -0.0100. The van der Waals surface area contributed by atoms with E-state index in [2.05, 4.69) is 37.9 Å². The van der Waals surface area contributed by atoms with Gasteiger partial charge in [0.25, 0.3) is 0 Å². The Bertz CT molecular complexity index is 335. The average molecular weight is 354 g/mol. The van der Waals surface area contributed by atoms with Gasteiger partial charge < -0.3 is 15.8 Å². The molecule has 1 rings (SSSR count). The maximum atomic E-state index is 12.0. The van der Waals surface area contributed by atoms with Gasteiger partial charge in [-0.25, -0.2) is 0 Å². The number of amides is 1. The quantitative estimate of drug-likeness (QED) is 0.726. The zero-order chi connectivity index (χ0) is 16.0. The second-order valence-corrected chi connectivity index (χ2v) is 7.57. The topological polar surface area (TPSA) is 67.6 Å². The molecule has 0 aromatic carbocycles. The number of ether oxygens (including phenoxy) is 1. The summed E-state index contributed by atoms with van der Waals surface area (Å²) >= 11 is 1.71. The highest BCUT2D eigenvalue weighted by Crippen LogP contribution is 2.20. The van der Waals surface area contributed by atoms with Crippen molar-refractivity contribution in [2.75, 3.05) is 31.6 Å².